The highest BCUT2D eigenvalue weighted by Gasteiger charge is 2.35. The Labute approximate surface area is 202 Å². The van der Waals surface area contributed by atoms with Gasteiger partial charge in [-0.1, -0.05) is 18.2 Å². The summed E-state index contributed by atoms with van der Waals surface area (Å²) in [4.78, 5) is 42.8. The highest BCUT2D eigenvalue weighted by atomic mass is 31.2. The van der Waals surface area contributed by atoms with Crippen molar-refractivity contribution in [2.75, 3.05) is 24.9 Å². The van der Waals surface area contributed by atoms with Gasteiger partial charge in [-0.2, -0.15) is 18.2 Å². The molecular formula is C21H21F3N5O6P. The average molecular weight is 527 g/mol. The summed E-state index contributed by atoms with van der Waals surface area (Å²) in [5.41, 5.74) is 1.47. The van der Waals surface area contributed by atoms with Crippen LogP contribution in [0.3, 0.4) is 0 Å². The molecule has 11 nitrogen and oxygen atoms in total. The Bertz CT molecular complexity index is 1300. The van der Waals surface area contributed by atoms with Crippen LogP contribution in [0.25, 0.3) is 0 Å². The Morgan fingerprint density at radius 1 is 1.08 bits per heavy atom. The first-order chi connectivity index (χ1) is 16.9. The number of hydroxylamine groups is 1. The maximum absolute atomic E-state index is 13.7. The van der Waals surface area contributed by atoms with Gasteiger partial charge in [-0.05, 0) is 29.8 Å². The molecule has 3 rings (SSSR count). The van der Waals surface area contributed by atoms with E-state index in [1.165, 1.54) is 56.7 Å². The van der Waals surface area contributed by atoms with Crippen LogP contribution in [0.4, 0.5) is 36.3 Å². The minimum atomic E-state index is -4.81. The normalized spacial score (nSPS) is 11.6. The number of para-hydroxylation sites is 1. The summed E-state index contributed by atoms with van der Waals surface area (Å²) in [5.74, 6) is -1.41. The molecule has 0 aliphatic rings. The summed E-state index contributed by atoms with van der Waals surface area (Å²) in [6, 6.07) is 10.0. The maximum Gasteiger partial charge on any atom is 0.421 e. The lowest BCUT2D eigenvalue weighted by Gasteiger charge is -2.17. The van der Waals surface area contributed by atoms with Crippen LogP contribution in [0.1, 0.15) is 21.5 Å². The number of benzene rings is 2. The smallest absolute Gasteiger partial charge is 0.421 e. The van der Waals surface area contributed by atoms with E-state index in [9.17, 15) is 32.3 Å². The number of nitrogens with zero attached hydrogens (tertiary/aromatic N) is 2. The molecule has 0 aliphatic heterocycles. The largest absolute Gasteiger partial charge is 0.495 e. The van der Waals surface area contributed by atoms with Gasteiger partial charge < -0.3 is 25.2 Å². The summed E-state index contributed by atoms with van der Waals surface area (Å²) in [7, 11) is -1.81. The van der Waals surface area contributed by atoms with E-state index in [0.29, 0.717) is 6.20 Å². The standard InChI is InChI=1S/C21H21F3N5O6P/c1-34-17-9-12(11-36(31,32)33)7-8-16(17)27-20-25-10-14(21(22,23)24)18(28-20)26-15-6-4-3-5-13(15)19(30)29-35-2/h3-10H,11H2,1-2H3,(H,29,30)(H2,31,32,33)(H2,25,26,27,28). The number of carbonyl (C=O) groups is 1. The zero-order chi connectivity index (χ0) is 26.5. The Balaban J connectivity index is 1.98. The zero-order valence-electron chi connectivity index (χ0n) is 18.8. The fraction of sp³-hybridized carbons (Fsp3) is 0.190. The number of alkyl halides is 3. The molecule has 36 heavy (non-hydrogen) atoms. The van der Waals surface area contributed by atoms with Gasteiger partial charge in [0.05, 0.1) is 37.3 Å². The van der Waals surface area contributed by atoms with Gasteiger partial charge in [-0.25, -0.2) is 10.5 Å². The van der Waals surface area contributed by atoms with E-state index < -0.39 is 37.2 Å². The van der Waals surface area contributed by atoms with Crippen LogP contribution in [0.2, 0.25) is 0 Å². The van der Waals surface area contributed by atoms with Crippen LogP contribution in [0.5, 0.6) is 5.75 Å². The Hall–Kier alpha value is -3.71. The van der Waals surface area contributed by atoms with Crippen LogP contribution < -0.4 is 20.9 Å². The van der Waals surface area contributed by atoms with Gasteiger partial charge in [0, 0.05) is 6.20 Å². The monoisotopic (exact) mass is 527 g/mol. The average Bonchev–Trinajstić information content (AvgIpc) is 2.79. The molecule has 15 heteroatoms. The lowest BCUT2D eigenvalue weighted by molar-refractivity contribution is -0.137. The molecule has 0 unspecified atom stereocenters. The van der Waals surface area contributed by atoms with Crippen molar-refractivity contribution in [3.8, 4) is 5.75 Å². The van der Waals surface area contributed by atoms with Gasteiger partial charge in [0.25, 0.3) is 5.91 Å². The number of nitrogens with one attached hydrogen (secondary N) is 3. The van der Waals surface area contributed by atoms with Crippen molar-refractivity contribution in [2.45, 2.75) is 12.3 Å². The number of carbonyl (C=O) groups excluding carboxylic acids is 1. The molecule has 0 spiro atoms. The summed E-state index contributed by atoms with van der Waals surface area (Å²) in [5, 5.41) is 5.26. The lowest BCUT2D eigenvalue weighted by atomic mass is 10.1. The van der Waals surface area contributed by atoms with Gasteiger partial charge in [0.15, 0.2) is 0 Å². The third-order valence-electron chi connectivity index (χ3n) is 4.61. The first kappa shape index (κ1) is 26.9. The number of rotatable bonds is 9. The van der Waals surface area contributed by atoms with Crippen LogP contribution in [0, 0.1) is 0 Å². The van der Waals surface area contributed by atoms with E-state index in [1.807, 2.05) is 0 Å². The van der Waals surface area contributed by atoms with Crippen LogP contribution >= 0.6 is 7.60 Å². The van der Waals surface area contributed by atoms with Gasteiger partial charge in [0.1, 0.15) is 17.1 Å². The van der Waals surface area contributed by atoms with Crippen molar-refractivity contribution in [3.63, 3.8) is 0 Å². The van der Waals surface area contributed by atoms with Crippen LogP contribution in [0.15, 0.2) is 48.7 Å². The molecule has 2 aromatic carbocycles. The number of amides is 1. The second-order valence-electron chi connectivity index (χ2n) is 7.24. The van der Waals surface area contributed by atoms with Crippen molar-refractivity contribution in [3.05, 3.63) is 65.4 Å². The first-order valence-electron chi connectivity index (χ1n) is 10.0. The van der Waals surface area contributed by atoms with Gasteiger partial charge >= 0.3 is 13.8 Å². The number of methoxy groups -OCH3 is 1. The van der Waals surface area contributed by atoms with Gasteiger partial charge in [0.2, 0.25) is 5.95 Å². The molecule has 1 heterocycles. The predicted octanol–water partition coefficient (Wildman–Crippen LogP) is 3.96. The van der Waals surface area contributed by atoms with Crippen LogP contribution in [-0.4, -0.2) is 39.9 Å². The van der Waals surface area contributed by atoms with Crippen LogP contribution in [-0.2, 0) is 21.7 Å². The lowest BCUT2D eigenvalue weighted by Crippen LogP contribution is -2.23. The molecule has 192 valence electrons. The fourth-order valence-electron chi connectivity index (χ4n) is 3.11. The number of hydrogen-bond donors (Lipinski definition) is 5. The summed E-state index contributed by atoms with van der Waals surface area (Å²) in [6.07, 6.45) is -4.76. The molecule has 0 saturated heterocycles. The Kier molecular flexibility index (Phi) is 8.15. The molecule has 0 bridgehead atoms. The SMILES string of the molecule is CONC(=O)c1ccccc1Nc1nc(Nc2ccc(CP(=O)(O)O)cc2OC)ncc1C(F)(F)F. The van der Waals surface area contributed by atoms with E-state index in [-0.39, 0.29) is 34.2 Å². The molecule has 0 aliphatic carbocycles. The van der Waals surface area contributed by atoms with E-state index in [0.717, 1.165) is 0 Å². The molecule has 0 saturated carbocycles. The second-order valence-corrected chi connectivity index (χ2v) is 8.89. The first-order valence-corrected chi connectivity index (χ1v) is 11.8. The van der Waals surface area contributed by atoms with Crippen molar-refractivity contribution >= 4 is 36.6 Å². The molecule has 0 fully saturated rings. The van der Waals surface area contributed by atoms with Crippen molar-refractivity contribution in [2.24, 2.45) is 0 Å². The number of halogens is 3. The molecule has 0 atom stereocenters. The number of aromatic nitrogens is 2. The number of anilines is 4. The minimum absolute atomic E-state index is 0.00269. The Morgan fingerprint density at radius 3 is 2.44 bits per heavy atom. The van der Waals surface area contributed by atoms with E-state index in [4.69, 9.17) is 4.74 Å². The topological polar surface area (TPSA) is 155 Å². The van der Waals surface area contributed by atoms with Crippen molar-refractivity contribution < 1.29 is 41.9 Å². The molecule has 1 aromatic heterocycles. The quantitative estimate of drug-likeness (QED) is 0.204. The molecular weight excluding hydrogens is 506 g/mol. The molecule has 0 radical (unpaired) electrons. The highest BCUT2D eigenvalue weighted by Crippen LogP contribution is 2.41. The van der Waals surface area contributed by atoms with Gasteiger partial charge in [-0.3, -0.25) is 14.2 Å². The highest BCUT2D eigenvalue weighted by molar-refractivity contribution is 7.50. The third-order valence-corrected chi connectivity index (χ3v) is 5.39. The van der Waals surface area contributed by atoms with E-state index in [1.54, 1.807) is 0 Å². The maximum atomic E-state index is 13.7. The van der Waals surface area contributed by atoms with Crippen molar-refractivity contribution in [1.29, 1.82) is 0 Å². The van der Waals surface area contributed by atoms with Crippen molar-refractivity contribution in [1.82, 2.24) is 15.4 Å². The number of hydrogen-bond acceptors (Lipinski definition) is 8. The molecule has 5 N–H and O–H groups in total. The summed E-state index contributed by atoms with van der Waals surface area (Å²) < 4.78 is 57.5. The third kappa shape index (κ3) is 6.92. The predicted molar refractivity (Wildman–Crippen MR) is 123 cm³/mol. The molecule has 1 amide bonds. The molecule has 3 aromatic rings. The second kappa shape index (κ2) is 10.9. The van der Waals surface area contributed by atoms with E-state index in [2.05, 4.69) is 30.9 Å². The minimum Gasteiger partial charge on any atom is -0.495 e. The summed E-state index contributed by atoms with van der Waals surface area (Å²) in [6.45, 7) is 0. The fourth-order valence-corrected chi connectivity index (χ4v) is 3.78. The zero-order valence-corrected chi connectivity index (χ0v) is 19.7. The number of ether oxygens (including phenoxy) is 1. The Morgan fingerprint density at radius 2 is 1.81 bits per heavy atom. The van der Waals surface area contributed by atoms with E-state index >= 15 is 0 Å². The van der Waals surface area contributed by atoms with Gasteiger partial charge in [-0.15, -0.1) is 0 Å². The summed E-state index contributed by atoms with van der Waals surface area (Å²) >= 11 is 0.